The zero-order valence-electron chi connectivity index (χ0n) is 26.0. The predicted octanol–water partition coefficient (Wildman–Crippen LogP) is 7.73. The van der Waals surface area contributed by atoms with Crippen LogP contribution in [0, 0.1) is 61.2 Å². The van der Waals surface area contributed by atoms with Gasteiger partial charge in [-0.25, -0.2) is 9.97 Å². The third-order valence-corrected chi connectivity index (χ3v) is 7.66. The molecular weight excluding hydrogens is 623 g/mol. The van der Waals surface area contributed by atoms with Gasteiger partial charge in [-0.15, -0.1) is 0 Å². The van der Waals surface area contributed by atoms with Crippen LogP contribution in [-0.2, 0) is 0 Å². The number of anilines is 2. The number of carbonyl (C=O) groups excluding carboxylic acids is 2. The van der Waals surface area contributed by atoms with Crippen LogP contribution < -0.4 is 10.6 Å². The number of nitrogens with one attached hydrogen (secondary N) is 4. The monoisotopic (exact) mass is 652 g/mol. The molecule has 0 saturated carbocycles. The van der Waals surface area contributed by atoms with E-state index in [1.165, 1.54) is 12.3 Å². The zero-order chi connectivity index (χ0) is 34.3. The molecule has 4 N–H and O–H groups in total. The molecule has 4 aromatic rings. The summed E-state index contributed by atoms with van der Waals surface area (Å²) in [6.07, 6.45) is 1.28. The van der Waals surface area contributed by atoms with Crippen LogP contribution in [0.4, 0.5) is 11.4 Å². The van der Waals surface area contributed by atoms with Crippen LogP contribution in [0.1, 0.15) is 79.3 Å². The van der Waals surface area contributed by atoms with Gasteiger partial charge in [0.15, 0.2) is 0 Å². The summed E-state index contributed by atoms with van der Waals surface area (Å²) < 4.78 is 0. The first-order chi connectivity index (χ1) is 21.7. The molecule has 0 aliphatic heterocycles. The second-order valence-electron chi connectivity index (χ2n) is 10.4. The molecule has 46 heavy (non-hydrogen) atoms. The number of hydrogen-bond acceptors (Lipinski definition) is 8. The van der Waals surface area contributed by atoms with Crippen LogP contribution >= 0.6 is 23.2 Å². The fourth-order valence-electron chi connectivity index (χ4n) is 4.38. The summed E-state index contributed by atoms with van der Waals surface area (Å²) in [6, 6.07) is 16.1. The van der Waals surface area contributed by atoms with Gasteiger partial charge in [0.25, 0.3) is 11.8 Å². The van der Waals surface area contributed by atoms with E-state index < -0.39 is 11.8 Å². The van der Waals surface area contributed by atoms with Crippen LogP contribution in [0.25, 0.3) is 0 Å². The Labute approximate surface area is 277 Å². The van der Waals surface area contributed by atoms with E-state index in [2.05, 4.69) is 20.6 Å². The van der Waals surface area contributed by atoms with Crippen molar-refractivity contribution in [1.29, 1.82) is 21.3 Å². The molecule has 10 nitrogen and oxygen atoms in total. The van der Waals surface area contributed by atoms with Gasteiger partial charge in [0.05, 0.1) is 16.1 Å². The number of amides is 2. The molecule has 0 aliphatic rings. The van der Waals surface area contributed by atoms with E-state index in [-0.39, 0.29) is 32.7 Å². The largest absolute Gasteiger partial charge is 0.321 e. The minimum Gasteiger partial charge on any atom is -0.321 e. The van der Waals surface area contributed by atoms with Gasteiger partial charge in [0.2, 0.25) is 0 Å². The van der Waals surface area contributed by atoms with Gasteiger partial charge in [-0.1, -0.05) is 35.3 Å². The molecule has 232 valence electrons. The Kier molecular flexibility index (Phi) is 11.5. The number of rotatable bonds is 6. The fourth-order valence-corrected chi connectivity index (χ4v) is 4.74. The minimum absolute atomic E-state index is 0.00295. The molecule has 2 aromatic heterocycles. The Hall–Kier alpha value is -5.42. The average molecular weight is 654 g/mol. The molecule has 0 unspecified atom stereocenters. The van der Waals surface area contributed by atoms with Crippen molar-refractivity contribution < 1.29 is 9.59 Å². The van der Waals surface area contributed by atoms with Crippen LogP contribution in [0.15, 0.2) is 48.7 Å². The lowest BCUT2D eigenvalue weighted by Crippen LogP contribution is -2.16. The fraction of sp³-hybridized carbons (Fsp3) is 0.176. The third-order valence-electron chi connectivity index (χ3n) is 6.88. The summed E-state index contributed by atoms with van der Waals surface area (Å²) in [4.78, 5) is 32.8. The molecule has 2 aromatic carbocycles. The number of aromatic nitrogens is 2. The average Bonchev–Trinajstić information content (AvgIpc) is 3.01. The first-order valence-electron chi connectivity index (χ1n) is 13.8. The number of carbonyl (C=O) groups is 2. The number of nitriles is 2. The van der Waals surface area contributed by atoms with E-state index in [4.69, 9.17) is 44.5 Å². The van der Waals surface area contributed by atoms with Gasteiger partial charge < -0.3 is 21.5 Å². The van der Waals surface area contributed by atoms with Crippen molar-refractivity contribution in [3.8, 4) is 12.1 Å². The number of benzene rings is 2. The SMILES string of the molecule is CC(=N)c1cc(NC(=O)c2nc(Cl)c(C#N)cc2C)ccc1C.CC(=N)c1cc(NC(=O)c2ncc(C#N)c(Cl)c2C)ccc1C. The maximum Gasteiger partial charge on any atom is 0.274 e. The Bertz CT molecular complexity index is 1900. The summed E-state index contributed by atoms with van der Waals surface area (Å²) in [5, 5.41) is 39.1. The van der Waals surface area contributed by atoms with Gasteiger partial charge in [0, 0.05) is 34.6 Å². The number of hydrogen-bond donors (Lipinski definition) is 4. The lowest BCUT2D eigenvalue weighted by molar-refractivity contribution is 0.101. The standard InChI is InChI=1S/2C17H15ClN4O/c1-9-4-5-13(6-14(9)11(3)20)22-17(23)16-10(2)15(18)12(7-19)8-21-16;1-9-4-5-13(7-14(9)11(3)20)21-17(23)15-10(2)6-12(8-19)16(18)22-15/h4-6,8,20H,1-3H3,(H,22,23);4-7,20H,1-3H3,(H,21,23). The lowest BCUT2D eigenvalue weighted by atomic mass is 10.0. The second-order valence-corrected chi connectivity index (χ2v) is 11.1. The highest BCUT2D eigenvalue weighted by atomic mass is 35.5. The molecule has 0 saturated heterocycles. The van der Waals surface area contributed by atoms with Crippen LogP contribution in [0.2, 0.25) is 10.2 Å². The van der Waals surface area contributed by atoms with Gasteiger partial charge in [0.1, 0.15) is 28.7 Å². The van der Waals surface area contributed by atoms with Crippen LogP contribution in [-0.4, -0.2) is 33.2 Å². The normalized spacial score (nSPS) is 10.0. The number of aryl methyl sites for hydroxylation is 3. The highest BCUT2D eigenvalue weighted by molar-refractivity contribution is 6.33. The Morgan fingerprint density at radius 1 is 0.739 bits per heavy atom. The smallest absolute Gasteiger partial charge is 0.274 e. The summed E-state index contributed by atoms with van der Waals surface area (Å²) in [7, 11) is 0. The van der Waals surface area contributed by atoms with E-state index in [1.54, 1.807) is 52.0 Å². The highest BCUT2D eigenvalue weighted by Crippen LogP contribution is 2.24. The van der Waals surface area contributed by atoms with E-state index >= 15 is 0 Å². The Balaban J connectivity index is 0.000000250. The first-order valence-corrected chi connectivity index (χ1v) is 14.5. The number of halogens is 2. The van der Waals surface area contributed by atoms with Crippen LogP contribution in [0.3, 0.4) is 0 Å². The van der Waals surface area contributed by atoms with Crippen molar-refractivity contribution in [3.05, 3.63) is 115 Å². The quantitative estimate of drug-likeness (QED) is 0.122. The van der Waals surface area contributed by atoms with E-state index in [0.717, 1.165) is 22.3 Å². The molecule has 2 amide bonds. The summed E-state index contributed by atoms with van der Waals surface area (Å²) >= 11 is 12.0. The second kappa shape index (κ2) is 15.0. The van der Waals surface area contributed by atoms with Crippen molar-refractivity contribution in [2.75, 3.05) is 10.6 Å². The van der Waals surface area contributed by atoms with Crippen molar-refractivity contribution in [2.45, 2.75) is 41.5 Å². The van der Waals surface area contributed by atoms with Gasteiger partial charge >= 0.3 is 0 Å². The topological polar surface area (TPSA) is 179 Å². The number of pyridine rings is 2. The van der Waals surface area contributed by atoms with E-state index in [1.807, 2.05) is 38.1 Å². The van der Waals surface area contributed by atoms with Crippen molar-refractivity contribution in [1.82, 2.24) is 9.97 Å². The van der Waals surface area contributed by atoms with Crippen molar-refractivity contribution >= 4 is 57.8 Å². The maximum absolute atomic E-state index is 12.4. The van der Waals surface area contributed by atoms with E-state index in [9.17, 15) is 9.59 Å². The summed E-state index contributed by atoms with van der Waals surface area (Å²) in [5.41, 5.74) is 7.29. The van der Waals surface area contributed by atoms with E-state index in [0.29, 0.717) is 33.9 Å². The number of nitrogens with zero attached hydrogens (tertiary/aromatic N) is 4. The highest BCUT2D eigenvalue weighted by Gasteiger charge is 2.17. The summed E-state index contributed by atoms with van der Waals surface area (Å²) in [5.74, 6) is -0.822. The molecule has 0 aliphatic carbocycles. The molecule has 2 heterocycles. The molecule has 12 heteroatoms. The van der Waals surface area contributed by atoms with Gasteiger partial charge in [-0.05, 0) is 99.7 Å². The zero-order valence-corrected chi connectivity index (χ0v) is 27.5. The Morgan fingerprint density at radius 3 is 1.67 bits per heavy atom. The first kappa shape index (κ1) is 35.1. The minimum atomic E-state index is -0.411. The van der Waals surface area contributed by atoms with Crippen molar-refractivity contribution in [3.63, 3.8) is 0 Å². The predicted molar refractivity (Wildman–Crippen MR) is 181 cm³/mol. The third kappa shape index (κ3) is 8.19. The van der Waals surface area contributed by atoms with Gasteiger partial charge in [-0.3, -0.25) is 9.59 Å². The molecule has 0 fully saturated rings. The lowest BCUT2D eigenvalue weighted by Gasteiger charge is -2.11. The maximum atomic E-state index is 12.4. The Morgan fingerprint density at radius 2 is 1.22 bits per heavy atom. The molecule has 0 spiro atoms. The molecular formula is C34H30Cl2N8O2. The molecule has 0 radical (unpaired) electrons. The van der Waals surface area contributed by atoms with Crippen molar-refractivity contribution in [2.24, 2.45) is 0 Å². The molecule has 0 bridgehead atoms. The van der Waals surface area contributed by atoms with Crippen LogP contribution in [0.5, 0.6) is 0 Å². The molecule has 0 atom stereocenters. The van der Waals surface area contributed by atoms with Gasteiger partial charge in [-0.2, -0.15) is 10.5 Å². The summed E-state index contributed by atoms with van der Waals surface area (Å²) in [6.45, 7) is 10.5. The molecule has 4 rings (SSSR count).